The van der Waals surface area contributed by atoms with Gasteiger partial charge >= 0.3 is 12.3 Å². The summed E-state index contributed by atoms with van der Waals surface area (Å²) >= 11 is 7.13. The Morgan fingerprint density at radius 1 is 0.546 bits per heavy atom. The number of nitrogen functional groups attached to an aromatic ring is 1. The smallest absolute Gasteiger partial charge is 0.481 e. The Morgan fingerprint density at radius 2 is 1.02 bits per heavy atom. The van der Waals surface area contributed by atoms with Crippen LogP contribution < -0.4 is 43.4 Å². The highest BCUT2D eigenvalue weighted by atomic mass is 32.1. The number of nitrogens with zero attached hydrogens (tertiary/aromatic N) is 10. The molecule has 3 aliphatic carbocycles. The number of alkyl halides is 3. The number of nitrogens with one attached hydrogen (secondary N) is 4. The standard InChI is InChI=1S/C29H26F3N5O3S.C21H23N5OS.C20H21N3O.C7H7NO2.CH5N3S/c30-29(31,32)40-25-6-3-4-18(14-25)13-24(38)15-23-8-7-19(17-34-23)10-20-11-21(12-20)27-36-37-28(41-27)35-26(39)16-22-5-1-2-9-33-22;1-13-3-2-4-14(7-13)11-19(27)24-18-6-5-15(12-23-18)8-16-9-17(10-16)20-25-26-21(22)28-20;1-14-3-2-4-15(7-14)11-20(24)23-19-6-5-16(13-22-19)8-17-9-18(10-17)12-21;9-7(10)5-6-3-1-2-4-8-6;2-1(5)4-3/h1-9,14,17,20-21H,10-13,15-16H2,(H,35,37,39);2-7,12,16-17H,8-11H2,1H3,(H2,22,26)(H,23,24,27);2-7,13,17-18H,8-11H2,1H3,(H,22,23,24);1-4H,5H2,(H,9,10);3H2,(H3,2,4,5). The molecule has 0 spiro atoms. The van der Waals surface area contributed by atoms with Crippen LogP contribution in [0.25, 0.3) is 0 Å². The number of Topliss-reactive ketones (excluding diaryl/α,β-unsaturated/α-hetero) is 1. The third kappa shape index (κ3) is 28.2. The fourth-order valence-electron chi connectivity index (χ4n) is 12.2. The van der Waals surface area contributed by atoms with Crippen LogP contribution in [0, 0.1) is 48.9 Å². The molecule has 0 saturated heterocycles. The average molecular weight is 1520 g/mol. The molecule has 0 atom stereocenters. The maximum atomic E-state index is 12.5. The first-order chi connectivity index (χ1) is 51.9. The molecule has 7 heterocycles. The minimum Gasteiger partial charge on any atom is -0.481 e. The number of rotatable bonds is 24. The van der Waals surface area contributed by atoms with E-state index < -0.39 is 12.3 Å². The van der Waals surface area contributed by atoms with Crippen molar-refractivity contribution in [2.45, 2.75) is 128 Å². The number of carboxylic acid groups (broad SMARTS) is 1. The molecule has 7 aromatic heterocycles. The van der Waals surface area contributed by atoms with Crippen molar-refractivity contribution in [3.05, 3.63) is 248 Å². The molecule has 0 radical (unpaired) electrons. The number of aromatic nitrogens is 9. The number of nitrogens with two attached hydrogens (primary N) is 3. The molecule has 11 N–H and O–H groups in total. The summed E-state index contributed by atoms with van der Waals surface area (Å²) in [4.78, 5) is 80.3. The highest BCUT2D eigenvalue weighted by Gasteiger charge is 2.35. The summed E-state index contributed by atoms with van der Waals surface area (Å²) in [6.07, 6.45) is 13.8. The predicted octanol–water partition coefficient (Wildman–Crippen LogP) is 12.3. The van der Waals surface area contributed by atoms with Crippen molar-refractivity contribution in [3.8, 4) is 11.8 Å². The molecule has 0 aliphatic heterocycles. The number of carboxylic acids is 1. The number of carbonyl (C=O) groups excluding carboxylic acids is 4. The summed E-state index contributed by atoms with van der Waals surface area (Å²) in [6.45, 7) is 4.04. The van der Waals surface area contributed by atoms with E-state index in [4.69, 9.17) is 21.8 Å². The minimum absolute atomic E-state index is 0.000833. The first-order valence-corrected chi connectivity index (χ1v) is 36.8. The van der Waals surface area contributed by atoms with Gasteiger partial charge in [-0.1, -0.05) is 125 Å². The van der Waals surface area contributed by atoms with Crippen molar-refractivity contribution in [1.29, 1.82) is 5.26 Å². The third-order valence-corrected chi connectivity index (χ3v) is 19.5. The van der Waals surface area contributed by atoms with Crippen LogP contribution in [0.2, 0.25) is 0 Å². The molecule has 24 nitrogen and oxygen atoms in total. The fraction of sp³-hybridized carbons (Fsp3) is 0.308. The zero-order valence-electron chi connectivity index (χ0n) is 59.3. The van der Waals surface area contributed by atoms with E-state index in [1.807, 2.05) is 123 Å². The summed E-state index contributed by atoms with van der Waals surface area (Å²) < 4.78 is 41.2. The number of nitriles is 1. The van der Waals surface area contributed by atoms with E-state index in [9.17, 15) is 37.1 Å². The number of amides is 3. The Kier molecular flexibility index (Phi) is 30.2. The van der Waals surface area contributed by atoms with Gasteiger partial charge in [0.1, 0.15) is 33.2 Å². The zero-order valence-corrected chi connectivity index (χ0v) is 61.7. The highest BCUT2D eigenvalue weighted by Crippen LogP contribution is 2.46. The van der Waals surface area contributed by atoms with Gasteiger partial charge in [0.2, 0.25) is 28.0 Å². The molecular formula is C78H82F3N17O7S3. The van der Waals surface area contributed by atoms with Gasteiger partial charge < -0.3 is 42.7 Å². The molecule has 0 bridgehead atoms. The summed E-state index contributed by atoms with van der Waals surface area (Å²) in [6, 6.07) is 45.9. The lowest BCUT2D eigenvalue weighted by molar-refractivity contribution is -0.274. The molecule has 108 heavy (non-hydrogen) atoms. The van der Waals surface area contributed by atoms with Crippen molar-refractivity contribution in [1.82, 2.24) is 50.7 Å². The van der Waals surface area contributed by atoms with E-state index in [-0.39, 0.29) is 66.0 Å². The number of benzene rings is 3. The number of ether oxygens (including phenoxy) is 1. The molecular weight excluding hydrogens is 1440 g/mol. The number of hydrazine groups is 1. The molecule has 3 saturated carbocycles. The maximum Gasteiger partial charge on any atom is 0.573 e. The number of aliphatic carboxylic acids is 1. The molecule has 3 aliphatic rings. The number of halogens is 3. The van der Waals surface area contributed by atoms with Crippen molar-refractivity contribution in [2.24, 2.45) is 35.2 Å². The predicted molar refractivity (Wildman–Crippen MR) is 410 cm³/mol. The lowest BCUT2D eigenvalue weighted by atomic mass is 9.72. The van der Waals surface area contributed by atoms with Crippen LogP contribution in [-0.2, 0) is 81.8 Å². The molecule has 3 fully saturated rings. The van der Waals surface area contributed by atoms with Crippen LogP contribution in [0.4, 0.5) is 35.1 Å². The second-order valence-corrected chi connectivity index (χ2v) is 29.0. The second kappa shape index (κ2) is 40.4. The van der Waals surface area contributed by atoms with Gasteiger partial charge in [0, 0.05) is 73.0 Å². The SMILES string of the molecule is Cc1cccc(CC(=O)Nc2ccc(CC3CC(C#N)C3)cn2)c1.Cc1cccc(CC(=O)Nc2ccc(CC3CC(c4nnc(N)s4)C3)cn2)c1.NNC(N)=S.O=C(Cc1cccc(OC(F)(F)F)c1)Cc1ccc(CC2CC(c3nnc(NC(=O)Cc4ccccn4)s3)C2)cn1.O=C(O)Cc1ccccn1. The van der Waals surface area contributed by atoms with Gasteiger partial charge in [0.25, 0.3) is 0 Å². The van der Waals surface area contributed by atoms with E-state index >= 15 is 0 Å². The largest absolute Gasteiger partial charge is 0.573 e. The second-order valence-electron chi connectivity index (χ2n) is 26.5. The van der Waals surface area contributed by atoms with Crippen molar-refractivity contribution in [3.63, 3.8) is 0 Å². The molecule has 30 heteroatoms. The van der Waals surface area contributed by atoms with Crippen LogP contribution >= 0.6 is 34.9 Å². The number of thiocarbonyl (C=S) groups is 1. The average Bonchev–Trinajstić information content (AvgIpc) is 1.53. The monoisotopic (exact) mass is 1520 g/mol. The van der Waals surface area contributed by atoms with Crippen LogP contribution in [0.5, 0.6) is 5.75 Å². The summed E-state index contributed by atoms with van der Waals surface area (Å²) in [5.74, 6) is 6.95. The van der Waals surface area contributed by atoms with Gasteiger partial charge in [-0.25, -0.2) is 15.8 Å². The van der Waals surface area contributed by atoms with Crippen molar-refractivity contribution >= 4 is 91.4 Å². The Morgan fingerprint density at radius 3 is 1.46 bits per heavy atom. The normalized spacial score (nSPS) is 16.5. The Hall–Kier alpha value is -11.4. The number of ketones is 1. The van der Waals surface area contributed by atoms with Crippen molar-refractivity contribution < 1.29 is 47.0 Å². The van der Waals surface area contributed by atoms with Gasteiger partial charge in [-0.2, -0.15) is 5.26 Å². The molecule has 3 amide bonds. The van der Waals surface area contributed by atoms with Gasteiger partial charge in [-0.15, -0.1) is 33.6 Å². The van der Waals surface area contributed by atoms with Crippen LogP contribution in [0.1, 0.15) is 122 Å². The van der Waals surface area contributed by atoms with Crippen molar-refractivity contribution in [2.75, 3.05) is 21.7 Å². The first kappa shape index (κ1) is 80.7. The Labute approximate surface area is 636 Å². The number of carbonyl (C=O) groups is 5. The van der Waals surface area contributed by atoms with Gasteiger partial charge in [0.05, 0.1) is 37.4 Å². The fourth-order valence-corrected chi connectivity index (χ4v) is 13.8. The van der Waals surface area contributed by atoms with Gasteiger partial charge in [-0.3, -0.25) is 38.9 Å². The summed E-state index contributed by atoms with van der Waals surface area (Å²) in [5, 5.41) is 45.2. The molecule has 3 aromatic carbocycles. The molecule has 10 aromatic rings. The van der Waals surface area contributed by atoms with Crippen LogP contribution in [0.15, 0.2) is 177 Å². The van der Waals surface area contributed by atoms with Gasteiger partial charge in [-0.05, 0) is 190 Å². The van der Waals surface area contributed by atoms with E-state index in [0.29, 0.717) is 87.0 Å². The first-order valence-electron chi connectivity index (χ1n) is 34.7. The maximum absolute atomic E-state index is 12.5. The minimum atomic E-state index is -4.78. The highest BCUT2D eigenvalue weighted by molar-refractivity contribution is 7.80. The van der Waals surface area contributed by atoms with E-state index in [1.165, 1.54) is 46.4 Å². The molecule has 0 unspecified atom stereocenters. The van der Waals surface area contributed by atoms with E-state index in [0.717, 1.165) is 101 Å². The quantitative estimate of drug-likeness (QED) is 0.0158. The summed E-state index contributed by atoms with van der Waals surface area (Å²) in [7, 11) is 0. The third-order valence-electron chi connectivity index (χ3n) is 17.4. The molecule has 560 valence electrons. The number of pyridine rings is 5. The van der Waals surface area contributed by atoms with E-state index in [2.05, 4.69) is 90.1 Å². The Bertz CT molecular complexity index is 4630. The number of aryl methyl sites for hydroxylation is 2. The summed E-state index contributed by atoms with van der Waals surface area (Å²) in [5.41, 5.74) is 22.6. The topological polar surface area (TPSA) is 381 Å². The zero-order chi connectivity index (χ0) is 77.0. The lowest BCUT2D eigenvalue weighted by Crippen LogP contribution is -2.34. The lowest BCUT2D eigenvalue weighted by Gasteiger charge is -2.33. The Balaban J connectivity index is 0.000000175. The number of anilines is 4. The van der Waals surface area contributed by atoms with Gasteiger partial charge in [0.15, 0.2) is 5.11 Å². The van der Waals surface area contributed by atoms with Crippen LogP contribution in [0.3, 0.4) is 0 Å². The number of hydrogen-bond acceptors (Lipinski definition) is 21. The number of hydrogen-bond donors (Lipinski definition) is 8. The van der Waals surface area contributed by atoms with E-state index in [1.54, 1.807) is 55.0 Å². The molecule has 13 rings (SSSR count). The van der Waals surface area contributed by atoms with Crippen LogP contribution in [-0.4, -0.2) is 91.4 Å².